The molecule has 0 unspecified atom stereocenters. The van der Waals surface area contributed by atoms with Gasteiger partial charge >= 0.3 is 6.16 Å². The largest absolute Gasteiger partial charge is 0.511 e. The highest BCUT2D eigenvalue weighted by Gasteiger charge is 2.27. The average Bonchev–Trinajstić information content (AvgIpc) is 3.25. The summed E-state index contributed by atoms with van der Waals surface area (Å²) in [5.74, 6) is -0.296. The van der Waals surface area contributed by atoms with Crippen molar-refractivity contribution in [2.24, 2.45) is 0 Å². The van der Waals surface area contributed by atoms with Gasteiger partial charge in [-0.1, -0.05) is 0 Å². The van der Waals surface area contributed by atoms with Gasteiger partial charge in [-0.25, -0.2) is 4.79 Å². The van der Waals surface area contributed by atoms with Crippen LogP contribution in [0, 0.1) is 10.1 Å². The molecule has 1 aliphatic carbocycles. The van der Waals surface area contributed by atoms with E-state index in [1.54, 1.807) is 4.57 Å². The van der Waals surface area contributed by atoms with E-state index in [-0.39, 0.29) is 22.9 Å². The Morgan fingerprint density at radius 1 is 1.43 bits per heavy atom. The summed E-state index contributed by atoms with van der Waals surface area (Å²) < 4.78 is 6.17. The molecule has 1 aliphatic rings. The number of carbonyl (C=O) groups is 1. The molecule has 1 aromatic carbocycles. The van der Waals surface area contributed by atoms with Gasteiger partial charge in [0.15, 0.2) is 5.75 Å². The molecule has 1 N–H and O–H groups in total. The van der Waals surface area contributed by atoms with Gasteiger partial charge in [0.05, 0.1) is 22.0 Å². The third kappa shape index (κ3) is 2.31. The average molecular weight is 290 g/mol. The number of pyridine rings is 1. The van der Waals surface area contributed by atoms with E-state index in [2.05, 4.69) is 4.74 Å². The van der Waals surface area contributed by atoms with Crippen molar-refractivity contribution >= 4 is 22.7 Å². The lowest BCUT2D eigenvalue weighted by Crippen LogP contribution is -2.16. The standard InChI is InChI=1S/C13H10N2O6/c16-12-9-4-3-8(15(19)20)5-10(9)14(7-1-2-7)6-11(12)21-13(17)18/h3-7H,1-2H2,(H,17,18). The zero-order valence-electron chi connectivity index (χ0n) is 10.7. The lowest BCUT2D eigenvalue weighted by Gasteiger charge is -2.11. The second-order valence-electron chi connectivity index (χ2n) is 4.79. The summed E-state index contributed by atoms with van der Waals surface area (Å²) in [6.45, 7) is 0. The first-order valence-electron chi connectivity index (χ1n) is 6.21. The fourth-order valence-corrected chi connectivity index (χ4v) is 2.25. The molecule has 0 aliphatic heterocycles. The third-order valence-corrected chi connectivity index (χ3v) is 3.33. The molecule has 0 radical (unpaired) electrons. The number of benzene rings is 1. The molecular weight excluding hydrogens is 280 g/mol. The zero-order chi connectivity index (χ0) is 15.1. The Labute approximate surface area is 117 Å². The highest BCUT2D eigenvalue weighted by atomic mass is 16.7. The van der Waals surface area contributed by atoms with E-state index in [0.29, 0.717) is 5.52 Å². The number of fused-ring (bicyclic) bond motifs is 1. The topological polar surface area (TPSA) is 112 Å². The van der Waals surface area contributed by atoms with Gasteiger partial charge in [0.2, 0.25) is 5.43 Å². The number of nitro benzene ring substituents is 1. The van der Waals surface area contributed by atoms with Crippen LogP contribution < -0.4 is 10.2 Å². The van der Waals surface area contributed by atoms with Crippen LogP contribution in [0.1, 0.15) is 18.9 Å². The molecule has 8 heteroatoms. The molecule has 108 valence electrons. The Morgan fingerprint density at radius 2 is 2.14 bits per heavy atom. The number of aromatic nitrogens is 1. The van der Waals surface area contributed by atoms with Crippen LogP contribution in [0.15, 0.2) is 29.2 Å². The third-order valence-electron chi connectivity index (χ3n) is 3.33. The number of ether oxygens (including phenoxy) is 1. The van der Waals surface area contributed by atoms with E-state index in [9.17, 15) is 19.7 Å². The highest BCUT2D eigenvalue weighted by Crippen LogP contribution is 2.38. The molecule has 0 atom stereocenters. The molecule has 2 aromatic rings. The molecule has 3 rings (SSSR count). The number of non-ortho nitro benzene ring substituents is 1. The Balaban J connectivity index is 2.29. The maximum absolute atomic E-state index is 12.2. The molecule has 1 heterocycles. The van der Waals surface area contributed by atoms with E-state index in [1.165, 1.54) is 24.4 Å². The zero-order valence-corrected chi connectivity index (χ0v) is 10.7. The lowest BCUT2D eigenvalue weighted by molar-refractivity contribution is -0.384. The summed E-state index contributed by atoms with van der Waals surface area (Å²) >= 11 is 0. The molecular formula is C13H10N2O6. The Hall–Kier alpha value is -2.90. The maximum Gasteiger partial charge on any atom is 0.511 e. The van der Waals surface area contributed by atoms with Gasteiger partial charge in [-0.2, -0.15) is 0 Å². The first-order valence-corrected chi connectivity index (χ1v) is 6.21. The molecule has 0 spiro atoms. The number of nitrogens with zero attached hydrogens (tertiary/aromatic N) is 2. The second-order valence-corrected chi connectivity index (χ2v) is 4.79. The molecule has 0 saturated heterocycles. The van der Waals surface area contributed by atoms with Crippen LogP contribution in [0.4, 0.5) is 10.5 Å². The van der Waals surface area contributed by atoms with Crippen LogP contribution in [0.3, 0.4) is 0 Å². The van der Waals surface area contributed by atoms with Crippen LogP contribution in [-0.4, -0.2) is 20.8 Å². The first-order chi connectivity index (χ1) is 9.97. The predicted octanol–water partition coefficient (Wildman–Crippen LogP) is 2.30. The summed E-state index contributed by atoms with van der Waals surface area (Å²) in [6, 6.07) is 3.96. The van der Waals surface area contributed by atoms with Gasteiger partial charge in [0.1, 0.15) is 0 Å². The normalized spacial score (nSPS) is 14.1. The molecule has 21 heavy (non-hydrogen) atoms. The maximum atomic E-state index is 12.2. The van der Waals surface area contributed by atoms with Crippen molar-refractivity contribution in [1.82, 2.24) is 4.57 Å². The predicted molar refractivity (Wildman–Crippen MR) is 71.8 cm³/mol. The molecule has 1 saturated carbocycles. The molecule has 8 nitrogen and oxygen atoms in total. The van der Waals surface area contributed by atoms with Gasteiger partial charge in [0, 0.05) is 18.2 Å². The Morgan fingerprint density at radius 3 is 2.71 bits per heavy atom. The number of hydrogen-bond acceptors (Lipinski definition) is 5. The highest BCUT2D eigenvalue weighted by molar-refractivity contribution is 5.83. The van der Waals surface area contributed by atoms with E-state index in [0.717, 1.165) is 12.8 Å². The second kappa shape index (κ2) is 4.58. The van der Waals surface area contributed by atoms with Gasteiger partial charge < -0.3 is 14.4 Å². The minimum Gasteiger partial charge on any atom is -0.449 e. The summed E-state index contributed by atoms with van der Waals surface area (Å²) in [5.41, 5.74) is -0.308. The smallest absolute Gasteiger partial charge is 0.449 e. The number of rotatable bonds is 3. The van der Waals surface area contributed by atoms with E-state index >= 15 is 0 Å². The van der Waals surface area contributed by atoms with Crippen LogP contribution in [0.5, 0.6) is 5.75 Å². The van der Waals surface area contributed by atoms with E-state index < -0.39 is 16.5 Å². The van der Waals surface area contributed by atoms with Crippen molar-refractivity contribution in [3.05, 3.63) is 44.7 Å². The van der Waals surface area contributed by atoms with Crippen molar-refractivity contribution in [3.63, 3.8) is 0 Å². The van der Waals surface area contributed by atoms with E-state index in [4.69, 9.17) is 5.11 Å². The van der Waals surface area contributed by atoms with Crippen molar-refractivity contribution in [1.29, 1.82) is 0 Å². The fourth-order valence-electron chi connectivity index (χ4n) is 2.25. The van der Waals surface area contributed by atoms with E-state index in [1.807, 2.05) is 0 Å². The molecule has 1 fully saturated rings. The number of nitro groups is 1. The summed E-state index contributed by atoms with van der Waals surface area (Å²) in [4.78, 5) is 33.1. The van der Waals surface area contributed by atoms with Crippen molar-refractivity contribution in [3.8, 4) is 5.75 Å². The molecule has 0 bridgehead atoms. The monoisotopic (exact) mass is 290 g/mol. The Bertz CT molecular complexity index is 821. The minimum atomic E-state index is -1.57. The van der Waals surface area contributed by atoms with Crippen LogP contribution in [0.25, 0.3) is 10.9 Å². The molecule has 1 aromatic heterocycles. The van der Waals surface area contributed by atoms with Gasteiger partial charge in [0.25, 0.3) is 5.69 Å². The van der Waals surface area contributed by atoms with Gasteiger partial charge in [-0.3, -0.25) is 14.9 Å². The fraction of sp³-hybridized carbons (Fsp3) is 0.231. The van der Waals surface area contributed by atoms with Crippen LogP contribution in [-0.2, 0) is 0 Å². The van der Waals surface area contributed by atoms with Gasteiger partial charge in [-0.05, 0) is 18.9 Å². The molecule has 0 amide bonds. The number of hydrogen-bond donors (Lipinski definition) is 1. The summed E-state index contributed by atoms with van der Waals surface area (Å²) in [5, 5.41) is 19.7. The van der Waals surface area contributed by atoms with Crippen molar-refractivity contribution < 1.29 is 19.6 Å². The van der Waals surface area contributed by atoms with Crippen molar-refractivity contribution in [2.75, 3.05) is 0 Å². The minimum absolute atomic E-state index is 0.103. The van der Waals surface area contributed by atoms with Crippen molar-refractivity contribution in [2.45, 2.75) is 18.9 Å². The van der Waals surface area contributed by atoms with Crippen LogP contribution >= 0.6 is 0 Å². The lowest BCUT2D eigenvalue weighted by atomic mass is 10.1. The summed E-state index contributed by atoms with van der Waals surface area (Å²) in [7, 11) is 0. The van der Waals surface area contributed by atoms with Crippen LogP contribution in [0.2, 0.25) is 0 Å². The van der Waals surface area contributed by atoms with Gasteiger partial charge in [-0.15, -0.1) is 0 Å². The summed E-state index contributed by atoms with van der Waals surface area (Å²) in [6.07, 6.45) is 1.47. The number of carboxylic acid groups (broad SMARTS) is 1. The SMILES string of the molecule is O=C(O)Oc1cn(C2CC2)c2cc([N+](=O)[O-])ccc2c1=O. The Kier molecular flexibility index (Phi) is 2.86. The quantitative estimate of drug-likeness (QED) is 0.527. The first kappa shape index (κ1) is 13.1.